The molecule has 3 heteroatoms. The number of nitrogen functional groups attached to an aromatic ring is 1. The average Bonchev–Trinajstić information content (AvgIpc) is 2.53. The molecule has 0 unspecified atom stereocenters. The molecule has 2 aromatic carbocycles. The largest absolute Gasteiger partial charge is 0.481 e. The molecule has 2 N–H and O–H groups in total. The number of nitrogens with two attached hydrogens (primary N) is 1. The van der Waals surface area contributed by atoms with Crippen molar-refractivity contribution >= 4 is 17.3 Å². The Morgan fingerprint density at radius 3 is 2.38 bits per heavy atom. The Bertz CT molecular complexity index is 714. The third-order valence-corrected chi connectivity index (χ3v) is 2.86. The lowest BCUT2D eigenvalue weighted by Gasteiger charge is -2.03. The first kappa shape index (κ1) is 14.2. The van der Waals surface area contributed by atoms with Crippen molar-refractivity contribution in [1.82, 2.24) is 0 Å². The zero-order valence-corrected chi connectivity index (χ0v) is 11.4. The van der Waals surface area contributed by atoms with E-state index in [-0.39, 0.29) is 6.61 Å². The molecule has 0 saturated heterocycles. The van der Waals surface area contributed by atoms with Gasteiger partial charge in [0.05, 0.1) is 11.6 Å². The van der Waals surface area contributed by atoms with Crippen molar-refractivity contribution in [3.63, 3.8) is 0 Å². The molecule has 102 valence electrons. The van der Waals surface area contributed by atoms with E-state index in [0.717, 1.165) is 11.1 Å². The fraction of sp³-hybridized carbons (Fsp3) is 0.0556. The van der Waals surface area contributed by atoms with E-state index >= 15 is 0 Å². The quantitative estimate of drug-likeness (QED) is 0.402. The zero-order chi connectivity index (χ0) is 15.1. The first-order chi connectivity index (χ1) is 10.2. The number of anilines is 1. The van der Waals surface area contributed by atoms with Crippen LogP contribution < -0.4 is 10.5 Å². The third kappa shape index (κ3) is 3.89. The molecule has 0 radical (unpaired) electrons. The summed E-state index contributed by atoms with van der Waals surface area (Å²) in [6.07, 6.45) is 6.95. The van der Waals surface area contributed by atoms with E-state index in [9.17, 15) is 5.26 Å². The number of nitriles is 1. The summed E-state index contributed by atoms with van der Waals surface area (Å²) in [6, 6.07) is 16.8. The number of ether oxygens (including phenoxy) is 1. The number of hydrogen-bond acceptors (Lipinski definition) is 3. The lowest BCUT2D eigenvalue weighted by molar-refractivity contribution is 0.370. The molecule has 0 fully saturated rings. The lowest BCUT2D eigenvalue weighted by atomic mass is 10.0. The van der Waals surface area contributed by atoms with Gasteiger partial charge in [-0.05, 0) is 41.5 Å². The van der Waals surface area contributed by atoms with Gasteiger partial charge in [-0.25, -0.2) is 0 Å². The summed E-state index contributed by atoms with van der Waals surface area (Å²) in [4.78, 5) is 0. The van der Waals surface area contributed by atoms with E-state index in [1.54, 1.807) is 12.1 Å². The fourth-order valence-electron chi connectivity index (χ4n) is 1.79. The summed E-state index contributed by atoms with van der Waals surface area (Å²) in [5.74, 6) is 3.12. The summed E-state index contributed by atoms with van der Waals surface area (Å²) >= 11 is 0. The molecule has 3 nitrogen and oxygen atoms in total. The normalized spacial score (nSPS) is 10.5. The number of nitrogens with zero attached hydrogens (tertiary/aromatic N) is 1. The highest BCUT2D eigenvalue weighted by molar-refractivity contribution is 5.89. The molecule has 0 aliphatic rings. The molecule has 0 atom stereocenters. The molecule has 21 heavy (non-hydrogen) atoms. The minimum Gasteiger partial charge on any atom is -0.481 e. The number of benzene rings is 2. The maximum atomic E-state index is 9.28. The third-order valence-electron chi connectivity index (χ3n) is 2.86. The van der Waals surface area contributed by atoms with Gasteiger partial charge >= 0.3 is 0 Å². The van der Waals surface area contributed by atoms with Crippen LogP contribution >= 0.6 is 0 Å². The molecule has 0 aliphatic heterocycles. The van der Waals surface area contributed by atoms with Gasteiger partial charge in [0.15, 0.2) is 0 Å². The Balaban J connectivity index is 2.22. The predicted octanol–water partition coefficient (Wildman–Crippen LogP) is 3.34. The maximum absolute atomic E-state index is 9.28. The van der Waals surface area contributed by atoms with Gasteiger partial charge in [-0.15, -0.1) is 6.42 Å². The van der Waals surface area contributed by atoms with Crippen molar-refractivity contribution < 1.29 is 4.74 Å². The van der Waals surface area contributed by atoms with Crippen molar-refractivity contribution in [2.24, 2.45) is 0 Å². The van der Waals surface area contributed by atoms with Gasteiger partial charge in [-0.3, -0.25) is 0 Å². The number of hydrogen-bond donors (Lipinski definition) is 1. The Morgan fingerprint density at radius 2 is 1.81 bits per heavy atom. The number of allylic oxidation sites excluding steroid dienone is 1. The number of terminal acetylenes is 1. The summed E-state index contributed by atoms with van der Waals surface area (Å²) < 4.78 is 5.30. The van der Waals surface area contributed by atoms with Crippen LogP contribution in [0.3, 0.4) is 0 Å². The molecule has 0 aromatic heterocycles. The van der Waals surface area contributed by atoms with E-state index in [0.29, 0.717) is 17.0 Å². The van der Waals surface area contributed by atoms with Crippen molar-refractivity contribution in [2.45, 2.75) is 0 Å². The molecule has 0 saturated carbocycles. The Hall–Kier alpha value is -3.17. The Morgan fingerprint density at radius 1 is 1.14 bits per heavy atom. The second-order valence-corrected chi connectivity index (χ2v) is 4.35. The minimum absolute atomic E-state index is 0.240. The molecule has 2 aromatic rings. The van der Waals surface area contributed by atoms with Crippen molar-refractivity contribution in [1.29, 1.82) is 5.26 Å². The second-order valence-electron chi connectivity index (χ2n) is 4.35. The van der Waals surface area contributed by atoms with E-state index in [2.05, 4.69) is 12.0 Å². The molecular formula is C18H14N2O. The highest BCUT2D eigenvalue weighted by atomic mass is 16.5. The van der Waals surface area contributed by atoms with E-state index in [4.69, 9.17) is 16.9 Å². The first-order valence-electron chi connectivity index (χ1n) is 6.37. The lowest BCUT2D eigenvalue weighted by Crippen LogP contribution is -1.92. The maximum Gasteiger partial charge on any atom is 0.148 e. The molecule has 0 spiro atoms. The Kier molecular flexibility index (Phi) is 4.64. The van der Waals surface area contributed by atoms with E-state index < -0.39 is 0 Å². The van der Waals surface area contributed by atoms with Gasteiger partial charge in [0.25, 0.3) is 0 Å². The van der Waals surface area contributed by atoms with Gasteiger partial charge in [0.2, 0.25) is 0 Å². The predicted molar refractivity (Wildman–Crippen MR) is 85.1 cm³/mol. The minimum atomic E-state index is 0.240. The van der Waals surface area contributed by atoms with Crippen LogP contribution in [0.25, 0.3) is 11.6 Å². The van der Waals surface area contributed by atoms with Crippen LogP contribution in [0.5, 0.6) is 5.75 Å². The molecule has 0 bridgehead atoms. The van der Waals surface area contributed by atoms with Crippen LogP contribution in [0.4, 0.5) is 5.69 Å². The molecule has 0 heterocycles. The second kappa shape index (κ2) is 6.84. The number of rotatable bonds is 4. The highest BCUT2D eigenvalue weighted by Crippen LogP contribution is 2.20. The first-order valence-corrected chi connectivity index (χ1v) is 6.37. The molecule has 2 rings (SSSR count). The summed E-state index contributed by atoms with van der Waals surface area (Å²) in [5.41, 5.74) is 8.64. The highest BCUT2D eigenvalue weighted by Gasteiger charge is 2.01. The van der Waals surface area contributed by atoms with Crippen LogP contribution in [0, 0.1) is 23.7 Å². The molecule has 0 aliphatic carbocycles. The average molecular weight is 274 g/mol. The Labute approximate surface area is 124 Å². The van der Waals surface area contributed by atoms with E-state index in [1.165, 1.54) is 0 Å². The van der Waals surface area contributed by atoms with Crippen molar-refractivity contribution in [2.75, 3.05) is 12.3 Å². The zero-order valence-electron chi connectivity index (χ0n) is 11.4. The van der Waals surface area contributed by atoms with Crippen LogP contribution in [0.15, 0.2) is 48.5 Å². The topological polar surface area (TPSA) is 59.0 Å². The van der Waals surface area contributed by atoms with Gasteiger partial charge in [-0.2, -0.15) is 5.26 Å². The van der Waals surface area contributed by atoms with Crippen molar-refractivity contribution in [3.8, 4) is 24.2 Å². The van der Waals surface area contributed by atoms with Gasteiger partial charge in [-0.1, -0.05) is 30.2 Å². The van der Waals surface area contributed by atoms with Gasteiger partial charge in [0.1, 0.15) is 12.4 Å². The standard InChI is InChI=1S/C18H14N2O/c1-2-11-21-18-9-3-14(4-10-18)12-16(13-19)15-5-7-17(20)8-6-15/h1,3-10,12H,11,20H2/b16-12-. The van der Waals surface area contributed by atoms with Crippen LogP contribution in [0.1, 0.15) is 11.1 Å². The monoisotopic (exact) mass is 274 g/mol. The van der Waals surface area contributed by atoms with Crippen molar-refractivity contribution in [3.05, 3.63) is 59.7 Å². The SMILES string of the molecule is C#CCOc1ccc(/C=C(/C#N)c2ccc(N)cc2)cc1. The smallest absolute Gasteiger partial charge is 0.148 e. The van der Waals surface area contributed by atoms with Crippen LogP contribution in [-0.2, 0) is 0 Å². The van der Waals surface area contributed by atoms with Crippen LogP contribution in [0.2, 0.25) is 0 Å². The summed E-state index contributed by atoms with van der Waals surface area (Å²) in [7, 11) is 0. The summed E-state index contributed by atoms with van der Waals surface area (Å²) in [6.45, 7) is 0.240. The van der Waals surface area contributed by atoms with Crippen LogP contribution in [-0.4, -0.2) is 6.61 Å². The van der Waals surface area contributed by atoms with E-state index in [1.807, 2.05) is 42.5 Å². The van der Waals surface area contributed by atoms with Gasteiger partial charge in [0, 0.05) is 5.69 Å². The fourth-order valence-corrected chi connectivity index (χ4v) is 1.79. The molecule has 0 amide bonds. The van der Waals surface area contributed by atoms with Gasteiger partial charge < -0.3 is 10.5 Å². The summed E-state index contributed by atoms with van der Waals surface area (Å²) in [5, 5.41) is 9.28. The molecular weight excluding hydrogens is 260 g/mol.